The topological polar surface area (TPSA) is 69.9 Å². The molecular weight excluding hydrogens is 316 g/mol. The molecule has 0 unspecified atom stereocenters. The van der Waals surface area contributed by atoms with Gasteiger partial charge in [0, 0.05) is 37.2 Å². The van der Waals surface area contributed by atoms with Crippen LogP contribution in [0.1, 0.15) is 26.0 Å². The maximum Gasteiger partial charge on any atom is 0.141 e. The number of carbonyl (C=O) groups excluding carboxylic acids is 1. The highest BCUT2D eigenvalue weighted by atomic mass is 16.5. The van der Waals surface area contributed by atoms with Crippen molar-refractivity contribution in [3.63, 3.8) is 0 Å². The van der Waals surface area contributed by atoms with Crippen molar-refractivity contribution < 1.29 is 9.53 Å². The van der Waals surface area contributed by atoms with Gasteiger partial charge in [-0.05, 0) is 32.0 Å². The quantitative estimate of drug-likeness (QED) is 0.662. The standard InChI is InChI=1S/C19H22N4O2/c1-13(2)25-7-6-16(24)8-15-9-18-14(10-21-15)4-5-17(22-18)19-11-20-12-23(19)3/h4-5,9-13H,6-8H2,1-3H3. The van der Waals surface area contributed by atoms with Gasteiger partial charge in [-0.2, -0.15) is 0 Å². The van der Waals surface area contributed by atoms with Crippen molar-refractivity contribution >= 4 is 16.7 Å². The lowest BCUT2D eigenvalue weighted by Gasteiger charge is -2.07. The third kappa shape index (κ3) is 4.28. The Morgan fingerprint density at radius 1 is 1.28 bits per heavy atom. The molecule has 0 aromatic carbocycles. The highest BCUT2D eigenvalue weighted by molar-refractivity contribution is 5.84. The molecule has 3 heterocycles. The summed E-state index contributed by atoms with van der Waals surface area (Å²) in [7, 11) is 1.93. The normalized spacial score (nSPS) is 11.4. The summed E-state index contributed by atoms with van der Waals surface area (Å²) in [6.07, 6.45) is 6.14. The van der Waals surface area contributed by atoms with Gasteiger partial charge in [0.1, 0.15) is 5.78 Å². The van der Waals surface area contributed by atoms with E-state index in [2.05, 4.69) is 9.97 Å². The molecule has 0 bridgehead atoms. The Bertz CT molecular complexity index is 886. The zero-order chi connectivity index (χ0) is 17.8. The number of nitrogens with zero attached hydrogens (tertiary/aromatic N) is 4. The van der Waals surface area contributed by atoms with Gasteiger partial charge in [0.15, 0.2) is 0 Å². The van der Waals surface area contributed by atoms with Crippen LogP contribution in [-0.4, -0.2) is 38.0 Å². The summed E-state index contributed by atoms with van der Waals surface area (Å²) in [5.74, 6) is 0.121. The molecule has 6 nitrogen and oxygen atoms in total. The number of pyridine rings is 2. The molecule has 0 atom stereocenters. The minimum absolute atomic E-state index is 0.121. The van der Waals surface area contributed by atoms with Crippen LogP contribution in [0.15, 0.2) is 36.9 Å². The lowest BCUT2D eigenvalue weighted by atomic mass is 10.1. The third-order valence-electron chi connectivity index (χ3n) is 3.92. The van der Waals surface area contributed by atoms with Crippen LogP contribution >= 0.6 is 0 Å². The average molecular weight is 338 g/mol. The molecule has 0 aliphatic heterocycles. The van der Waals surface area contributed by atoms with E-state index >= 15 is 0 Å². The molecule has 0 aliphatic carbocycles. The number of hydrogen-bond acceptors (Lipinski definition) is 5. The first-order valence-electron chi connectivity index (χ1n) is 8.38. The Balaban J connectivity index is 1.77. The van der Waals surface area contributed by atoms with Gasteiger partial charge in [0.2, 0.25) is 0 Å². The summed E-state index contributed by atoms with van der Waals surface area (Å²) in [5.41, 5.74) is 3.36. The van der Waals surface area contributed by atoms with Crippen molar-refractivity contribution in [3.05, 3.63) is 42.6 Å². The maximum atomic E-state index is 12.1. The molecule has 0 radical (unpaired) electrons. The van der Waals surface area contributed by atoms with Crippen molar-refractivity contribution in [2.45, 2.75) is 32.8 Å². The van der Waals surface area contributed by atoms with Crippen LogP contribution in [-0.2, 0) is 23.0 Å². The summed E-state index contributed by atoms with van der Waals surface area (Å²) in [4.78, 5) is 25.3. The molecule has 3 aromatic rings. The monoisotopic (exact) mass is 338 g/mol. The highest BCUT2D eigenvalue weighted by Gasteiger charge is 2.09. The zero-order valence-corrected chi connectivity index (χ0v) is 14.8. The van der Waals surface area contributed by atoms with E-state index in [0.717, 1.165) is 28.0 Å². The number of aryl methyl sites for hydroxylation is 1. The predicted molar refractivity (Wildman–Crippen MR) is 96.2 cm³/mol. The third-order valence-corrected chi connectivity index (χ3v) is 3.92. The first-order valence-corrected chi connectivity index (χ1v) is 8.38. The van der Waals surface area contributed by atoms with Crippen LogP contribution in [0, 0.1) is 0 Å². The number of imidazole rings is 1. The van der Waals surface area contributed by atoms with Crippen LogP contribution in [0.5, 0.6) is 0 Å². The Kier molecular flexibility index (Phi) is 5.19. The number of Topliss-reactive ketones (excluding diaryl/α,β-unsaturated/α-hetero) is 1. The molecule has 0 fully saturated rings. The van der Waals surface area contributed by atoms with Gasteiger partial charge in [-0.1, -0.05) is 0 Å². The lowest BCUT2D eigenvalue weighted by Crippen LogP contribution is -2.11. The molecule has 3 rings (SSSR count). The largest absolute Gasteiger partial charge is 0.378 e. The second-order valence-electron chi connectivity index (χ2n) is 6.34. The number of ether oxygens (including phenoxy) is 1. The van der Waals surface area contributed by atoms with E-state index < -0.39 is 0 Å². The first kappa shape index (κ1) is 17.2. The molecular formula is C19H22N4O2. The fraction of sp³-hybridized carbons (Fsp3) is 0.368. The van der Waals surface area contributed by atoms with Crippen molar-refractivity contribution in [1.82, 2.24) is 19.5 Å². The van der Waals surface area contributed by atoms with E-state index in [1.807, 2.05) is 43.7 Å². The van der Waals surface area contributed by atoms with Crippen molar-refractivity contribution in [3.8, 4) is 11.4 Å². The van der Waals surface area contributed by atoms with Crippen LogP contribution in [0.25, 0.3) is 22.3 Å². The second kappa shape index (κ2) is 7.53. The van der Waals surface area contributed by atoms with Gasteiger partial charge in [0.05, 0.1) is 42.1 Å². The lowest BCUT2D eigenvalue weighted by molar-refractivity contribution is -0.119. The van der Waals surface area contributed by atoms with E-state index in [1.165, 1.54) is 0 Å². The van der Waals surface area contributed by atoms with Crippen molar-refractivity contribution in [2.24, 2.45) is 7.05 Å². The Labute approximate surface area is 146 Å². The molecule has 0 aliphatic rings. The Morgan fingerprint density at radius 2 is 2.12 bits per heavy atom. The fourth-order valence-corrected chi connectivity index (χ4v) is 2.60. The highest BCUT2D eigenvalue weighted by Crippen LogP contribution is 2.20. The van der Waals surface area contributed by atoms with E-state index in [0.29, 0.717) is 19.4 Å². The summed E-state index contributed by atoms with van der Waals surface area (Å²) in [6, 6.07) is 5.82. The number of hydrogen-bond donors (Lipinski definition) is 0. The predicted octanol–water partition coefficient (Wildman–Crippen LogP) is 2.96. The smallest absolute Gasteiger partial charge is 0.141 e. The molecule has 3 aromatic heterocycles. The molecule has 0 amide bonds. The van der Waals surface area contributed by atoms with Gasteiger partial charge < -0.3 is 9.30 Å². The molecule has 0 N–H and O–H groups in total. The van der Waals surface area contributed by atoms with Crippen molar-refractivity contribution in [2.75, 3.05) is 6.61 Å². The van der Waals surface area contributed by atoms with E-state index in [1.54, 1.807) is 18.7 Å². The summed E-state index contributed by atoms with van der Waals surface area (Å²) < 4.78 is 7.35. The molecule has 0 spiro atoms. The minimum Gasteiger partial charge on any atom is -0.378 e. The Hall–Kier alpha value is -2.60. The molecule has 6 heteroatoms. The molecule has 0 saturated carbocycles. The van der Waals surface area contributed by atoms with Crippen molar-refractivity contribution in [1.29, 1.82) is 0 Å². The number of rotatable bonds is 7. The van der Waals surface area contributed by atoms with E-state index in [-0.39, 0.29) is 11.9 Å². The minimum atomic E-state index is 0.121. The number of aromatic nitrogens is 4. The second-order valence-corrected chi connectivity index (χ2v) is 6.34. The van der Waals surface area contributed by atoms with Crippen LogP contribution in [0.2, 0.25) is 0 Å². The van der Waals surface area contributed by atoms with Crippen LogP contribution in [0.3, 0.4) is 0 Å². The molecule has 0 saturated heterocycles. The van der Waals surface area contributed by atoms with Gasteiger partial charge in [0.25, 0.3) is 0 Å². The summed E-state index contributed by atoms with van der Waals surface area (Å²) in [5, 5.41) is 0.949. The SMILES string of the molecule is CC(C)OCCC(=O)Cc1cc2nc(-c3cncn3C)ccc2cn1. The Morgan fingerprint density at radius 3 is 2.84 bits per heavy atom. The fourth-order valence-electron chi connectivity index (χ4n) is 2.60. The average Bonchev–Trinajstić information content (AvgIpc) is 3.00. The molecule has 25 heavy (non-hydrogen) atoms. The maximum absolute atomic E-state index is 12.1. The number of carbonyl (C=O) groups is 1. The van der Waals surface area contributed by atoms with Gasteiger partial charge >= 0.3 is 0 Å². The van der Waals surface area contributed by atoms with E-state index in [4.69, 9.17) is 9.72 Å². The summed E-state index contributed by atoms with van der Waals surface area (Å²) in [6.45, 7) is 4.37. The zero-order valence-electron chi connectivity index (χ0n) is 14.8. The van der Waals surface area contributed by atoms with E-state index in [9.17, 15) is 4.79 Å². The van der Waals surface area contributed by atoms with Crippen LogP contribution in [0.4, 0.5) is 0 Å². The number of fused-ring (bicyclic) bond motifs is 1. The first-order chi connectivity index (χ1) is 12.0. The molecule has 130 valence electrons. The van der Waals surface area contributed by atoms with Gasteiger partial charge in [-0.25, -0.2) is 9.97 Å². The summed E-state index contributed by atoms with van der Waals surface area (Å²) >= 11 is 0. The van der Waals surface area contributed by atoms with Gasteiger partial charge in [-0.15, -0.1) is 0 Å². The number of ketones is 1. The van der Waals surface area contributed by atoms with Crippen LogP contribution < -0.4 is 0 Å². The van der Waals surface area contributed by atoms with Gasteiger partial charge in [-0.3, -0.25) is 9.78 Å².